The van der Waals surface area contributed by atoms with E-state index in [1.807, 2.05) is 0 Å². The van der Waals surface area contributed by atoms with Crippen molar-refractivity contribution in [3.63, 3.8) is 0 Å². The van der Waals surface area contributed by atoms with Crippen LogP contribution in [0.25, 0.3) is 0 Å². The van der Waals surface area contributed by atoms with Crippen LogP contribution in [-0.2, 0) is 113 Å². The van der Waals surface area contributed by atoms with Crippen LogP contribution in [0.15, 0.2) is 0 Å². The second-order valence-corrected chi connectivity index (χ2v) is 8.64. The number of carbonyl (C=O) groups is 4. The Morgan fingerprint density at radius 3 is 1.15 bits per heavy atom. The van der Waals surface area contributed by atoms with Gasteiger partial charge in [0.15, 0.2) is 11.2 Å². The molecule has 0 aromatic carbocycles. The molecule has 40 heavy (non-hydrogen) atoms. The van der Waals surface area contributed by atoms with Crippen LogP contribution in [0.1, 0.15) is 54.4 Å². The van der Waals surface area contributed by atoms with Gasteiger partial charge in [0.2, 0.25) is 0 Å². The minimum Gasteiger partial charge on any atom is -0.461 e. The number of methoxy groups -OCH3 is 2. The van der Waals surface area contributed by atoms with E-state index in [-0.39, 0.29) is 105 Å². The van der Waals surface area contributed by atoms with Gasteiger partial charge in [-0.3, -0.25) is 0 Å². The first-order chi connectivity index (χ1) is 17.7. The van der Waals surface area contributed by atoms with Crippen molar-refractivity contribution in [3.8, 4) is 0 Å². The minimum absolute atomic E-state index is 0. The molecule has 2 atom stereocenters. The van der Waals surface area contributed by atoms with Gasteiger partial charge in [0.05, 0.1) is 39.6 Å². The van der Waals surface area contributed by atoms with Crippen molar-refractivity contribution >= 4 is 24.2 Å². The first-order valence-corrected chi connectivity index (χ1v) is 12.1. The Bertz CT molecular complexity index is 645. The van der Waals surface area contributed by atoms with Gasteiger partial charge >= 0.3 is 24.2 Å². The van der Waals surface area contributed by atoms with E-state index in [1.165, 1.54) is 41.9 Å². The molecular weight excluding hydrogens is 690 g/mol. The fourth-order valence-electron chi connectivity index (χ4n) is 2.01. The Hall–Kier alpha value is -0.472. The molecule has 0 saturated heterocycles. The molecule has 0 saturated carbocycles. The number of esters is 2. The normalized spacial score (nSPS) is 12.1. The molecule has 0 amide bonds. The van der Waals surface area contributed by atoms with E-state index >= 15 is 0 Å². The van der Waals surface area contributed by atoms with Gasteiger partial charge in [-0.1, -0.05) is 13.8 Å². The molecule has 14 nitrogen and oxygen atoms in total. The molecule has 0 fully saturated rings. The second kappa shape index (κ2) is 26.2. The average Bonchev–Trinajstić information content (AvgIpc) is 2.89. The smallest absolute Gasteiger partial charge is 0.461 e. The number of hydrogen-bond acceptors (Lipinski definition) is 14. The molecule has 2 N–H and O–H groups in total. The molecule has 0 bridgehead atoms. The fraction of sp³-hybridized carbons (Fsp3) is 0.833. The van der Waals surface area contributed by atoms with E-state index in [0.29, 0.717) is 12.8 Å². The summed E-state index contributed by atoms with van der Waals surface area (Å²) in [6.45, 7) is 9.58. The number of aliphatic hydroxyl groups excluding tert-OH is 2. The van der Waals surface area contributed by atoms with Crippen LogP contribution < -0.4 is 0 Å². The summed E-state index contributed by atoms with van der Waals surface area (Å²) in [6, 6.07) is 0. The van der Waals surface area contributed by atoms with Gasteiger partial charge < -0.3 is 48.1 Å². The van der Waals surface area contributed by atoms with E-state index in [9.17, 15) is 29.4 Å². The van der Waals surface area contributed by atoms with Crippen LogP contribution in [0, 0.1) is 0 Å². The average molecular weight is 734 g/mol. The van der Waals surface area contributed by atoms with Crippen LogP contribution in [-0.4, -0.2) is 112 Å². The molecular formula is C24H44O14Y2. The van der Waals surface area contributed by atoms with Crippen molar-refractivity contribution < 1.29 is 133 Å². The van der Waals surface area contributed by atoms with Gasteiger partial charge in [-0.15, -0.1) is 0 Å². The Morgan fingerprint density at radius 2 is 0.900 bits per heavy atom. The largest absolute Gasteiger partial charge is 0.508 e. The first kappa shape index (κ1) is 46.5. The zero-order chi connectivity index (χ0) is 29.8. The topological polar surface area (TPSA) is 183 Å². The molecule has 0 aliphatic rings. The monoisotopic (exact) mass is 734 g/mol. The molecule has 230 valence electrons. The van der Waals surface area contributed by atoms with E-state index in [4.69, 9.17) is 18.9 Å². The summed E-state index contributed by atoms with van der Waals surface area (Å²) in [4.78, 5) is 44.7. The quantitative estimate of drug-likeness (QED) is 0.133. The predicted molar refractivity (Wildman–Crippen MR) is 131 cm³/mol. The zero-order valence-corrected chi connectivity index (χ0v) is 30.4. The molecule has 0 aliphatic heterocycles. The van der Waals surface area contributed by atoms with Crippen LogP contribution in [0.5, 0.6) is 0 Å². The molecule has 0 aromatic heterocycles. The van der Waals surface area contributed by atoms with Crippen molar-refractivity contribution in [3.05, 3.63) is 0 Å². The Balaban J connectivity index is -0.000000309. The van der Waals surface area contributed by atoms with Gasteiger partial charge in [0.1, 0.15) is 26.4 Å². The van der Waals surface area contributed by atoms with Crippen molar-refractivity contribution in [1.82, 2.24) is 0 Å². The summed E-state index contributed by atoms with van der Waals surface area (Å²) in [6.07, 6.45) is -1.97. The number of carbonyl (C=O) groups excluding carboxylic acids is 4. The zero-order valence-electron chi connectivity index (χ0n) is 24.8. The van der Waals surface area contributed by atoms with E-state index < -0.39 is 47.7 Å². The summed E-state index contributed by atoms with van der Waals surface area (Å²) >= 11 is 0. The van der Waals surface area contributed by atoms with Gasteiger partial charge in [-0.2, -0.15) is 0 Å². The molecule has 0 aliphatic carbocycles. The fourth-order valence-corrected chi connectivity index (χ4v) is 2.01. The maximum Gasteiger partial charge on any atom is 0.508 e. The standard InChI is InChI=1S/2C12H22O7.2Y/c2*1-5-9(13)8-18-10(14)12(2,3)19-7-6-17-11(15)16-4;;/h2*9,13H,5-8H2,1-4H3;;. The third kappa shape index (κ3) is 24.2. The molecule has 0 rings (SSSR count). The minimum atomic E-state index is -1.17. The maximum atomic E-state index is 11.7. The summed E-state index contributed by atoms with van der Waals surface area (Å²) < 4.78 is 38.1. The Morgan fingerprint density at radius 1 is 0.600 bits per heavy atom. The van der Waals surface area contributed by atoms with Crippen LogP contribution in [0.3, 0.4) is 0 Å². The summed E-state index contributed by atoms with van der Waals surface area (Å²) in [5.74, 6) is -1.17. The van der Waals surface area contributed by atoms with Crippen molar-refractivity contribution in [2.24, 2.45) is 0 Å². The number of rotatable bonds is 16. The van der Waals surface area contributed by atoms with Crippen molar-refractivity contribution in [2.75, 3.05) is 53.9 Å². The predicted octanol–water partition coefficient (Wildman–Crippen LogP) is 1.75. The van der Waals surface area contributed by atoms with Crippen LogP contribution in [0.4, 0.5) is 9.59 Å². The van der Waals surface area contributed by atoms with E-state index in [0.717, 1.165) is 0 Å². The summed E-state index contributed by atoms with van der Waals surface area (Å²) in [5, 5.41) is 18.6. The van der Waals surface area contributed by atoms with Gasteiger partial charge in [0, 0.05) is 65.4 Å². The molecule has 0 aromatic rings. The third-order valence-corrected chi connectivity index (χ3v) is 4.60. The Kier molecular flexibility index (Phi) is 30.4. The summed E-state index contributed by atoms with van der Waals surface area (Å²) in [7, 11) is 2.40. The second-order valence-electron chi connectivity index (χ2n) is 8.64. The third-order valence-electron chi connectivity index (χ3n) is 4.60. The van der Waals surface area contributed by atoms with Crippen molar-refractivity contribution in [2.45, 2.75) is 77.8 Å². The van der Waals surface area contributed by atoms with Crippen molar-refractivity contribution in [1.29, 1.82) is 0 Å². The van der Waals surface area contributed by atoms with Gasteiger partial charge in [-0.25, -0.2) is 19.2 Å². The molecule has 0 spiro atoms. The molecule has 0 heterocycles. The molecule has 2 radical (unpaired) electrons. The van der Waals surface area contributed by atoms with E-state index in [2.05, 4.69) is 18.9 Å². The number of hydrogen-bond donors (Lipinski definition) is 2. The Labute approximate surface area is 286 Å². The van der Waals surface area contributed by atoms with Gasteiger partial charge in [0.25, 0.3) is 0 Å². The molecule has 16 heteroatoms. The molecule has 2 unspecified atom stereocenters. The number of ether oxygens (including phenoxy) is 8. The van der Waals surface area contributed by atoms with Gasteiger partial charge in [-0.05, 0) is 40.5 Å². The summed E-state index contributed by atoms with van der Waals surface area (Å²) in [5.41, 5.74) is -2.35. The maximum absolute atomic E-state index is 11.7. The first-order valence-electron chi connectivity index (χ1n) is 12.1. The SMILES string of the molecule is CCC(O)COC(=O)C(C)(C)OCCOC(=O)OC.CCC(O)COC(=O)C(C)(C)OCCOC(=O)OC.[Y].[Y]. The number of aliphatic hydroxyl groups is 2. The van der Waals surface area contributed by atoms with E-state index in [1.54, 1.807) is 13.8 Å². The van der Waals surface area contributed by atoms with Crippen LogP contribution >= 0.6 is 0 Å². The van der Waals surface area contributed by atoms with Crippen LogP contribution in [0.2, 0.25) is 0 Å².